The lowest BCUT2D eigenvalue weighted by Crippen LogP contribution is -2.30. The van der Waals surface area contributed by atoms with Gasteiger partial charge in [0.15, 0.2) is 0 Å². The summed E-state index contributed by atoms with van der Waals surface area (Å²) >= 11 is 6.25. The summed E-state index contributed by atoms with van der Waals surface area (Å²) in [4.78, 5) is 27.0. The lowest BCUT2D eigenvalue weighted by Gasteiger charge is -2.25. The van der Waals surface area contributed by atoms with Crippen molar-refractivity contribution in [2.45, 2.75) is 26.3 Å². The molecule has 1 heterocycles. The van der Waals surface area contributed by atoms with E-state index >= 15 is 0 Å². The number of hydrogen-bond acceptors (Lipinski definition) is 5. The quantitative estimate of drug-likeness (QED) is 0.434. The molecule has 0 radical (unpaired) electrons. The highest BCUT2D eigenvalue weighted by Crippen LogP contribution is 2.42. The number of phenols is 1. The van der Waals surface area contributed by atoms with Gasteiger partial charge in [-0.25, -0.2) is 0 Å². The van der Waals surface area contributed by atoms with Crippen molar-refractivity contribution in [2.75, 3.05) is 13.7 Å². The van der Waals surface area contributed by atoms with Gasteiger partial charge in [-0.1, -0.05) is 30.7 Å². The van der Waals surface area contributed by atoms with Crippen molar-refractivity contribution < 1.29 is 24.5 Å². The normalized spacial score (nSPS) is 18.3. The van der Waals surface area contributed by atoms with Gasteiger partial charge in [0.1, 0.15) is 17.3 Å². The standard InChI is InChI=1S/C22H22ClNO5/c1-4-9-24-18(13-5-7-14(25)8-6-13)17(20(27)22(24)28)19(26)15-10-12(2)11-16(23)21(15)29-3/h5-8,10-11,18,25-26H,4,9H2,1-3H3/b19-17+. The number of carbonyl (C=O) groups excluding carboxylic acids is 2. The number of carbonyl (C=O) groups is 2. The number of benzene rings is 2. The molecule has 1 amide bonds. The van der Waals surface area contributed by atoms with Crippen LogP contribution in [0.1, 0.15) is 36.1 Å². The van der Waals surface area contributed by atoms with Crippen molar-refractivity contribution in [3.63, 3.8) is 0 Å². The third-order valence-corrected chi connectivity index (χ3v) is 5.14. The Kier molecular flexibility index (Phi) is 5.84. The van der Waals surface area contributed by atoms with Gasteiger partial charge in [-0.15, -0.1) is 0 Å². The van der Waals surface area contributed by atoms with Crippen LogP contribution in [-0.4, -0.2) is 40.5 Å². The predicted molar refractivity (Wildman–Crippen MR) is 110 cm³/mol. The number of likely N-dealkylation sites (tertiary alicyclic amines) is 1. The first-order valence-electron chi connectivity index (χ1n) is 9.22. The SMILES string of the molecule is CCCN1C(=O)C(=O)/C(=C(/O)c2cc(C)cc(Cl)c2OC)C1c1ccc(O)cc1. The Morgan fingerprint density at radius 3 is 2.45 bits per heavy atom. The fraction of sp³-hybridized carbons (Fsp3) is 0.273. The molecule has 1 aliphatic heterocycles. The second kappa shape index (κ2) is 8.17. The van der Waals surface area contributed by atoms with Gasteiger partial charge < -0.3 is 19.8 Å². The topological polar surface area (TPSA) is 87.1 Å². The van der Waals surface area contributed by atoms with Gasteiger partial charge in [-0.05, 0) is 48.7 Å². The fourth-order valence-electron chi connectivity index (χ4n) is 3.61. The second-order valence-corrected chi connectivity index (χ2v) is 7.32. The largest absolute Gasteiger partial charge is 0.508 e. The van der Waals surface area contributed by atoms with Gasteiger partial charge in [0, 0.05) is 6.54 Å². The van der Waals surface area contributed by atoms with Crippen molar-refractivity contribution in [3.05, 3.63) is 63.7 Å². The maximum absolute atomic E-state index is 12.9. The Morgan fingerprint density at radius 2 is 1.86 bits per heavy atom. The van der Waals surface area contributed by atoms with E-state index in [2.05, 4.69) is 0 Å². The van der Waals surface area contributed by atoms with Gasteiger partial charge in [-0.3, -0.25) is 9.59 Å². The van der Waals surface area contributed by atoms with Crippen LogP contribution in [0.5, 0.6) is 11.5 Å². The smallest absolute Gasteiger partial charge is 0.295 e. The molecule has 0 spiro atoms. The molecule has 1 atom stereocenters. The summed E-state index contributed by atoms with van der Waals surface area (Å²) in [5.41, 5.74) is 1.58. The van der Waals surface area contributed by atoms with Crippen molar-refractivity contribution in [2.24, 2.45) is 0 Å². The molecule has 0 bridgehead atoms. The molecule has 0 saturated carbocycles. The number of aliphatic hydroxyl groups is 1. The minimum atomic E-state index is -0.778. The van der Waals surface area contributed by atoms with Crippen LogP contribution in [0, 0.1) is 6.92 Å². The monoisotopic (exact) mass is 415 g/mol. The molecule has 2 aromatic carbocycles. The number of ether oxygens (including phenoxy) is 1. The molecule has 1 unspecified atom stereocenters. The molecule has 0 aromatic heterocycles. The maximum atomic E-state index is 12.9. The molecule has 152 valence electrons. The number of halogens is 1. The van der Waals surface area contributed by atoms with Gasteiger partial charge in [0.05, 0.1) is 29.3 Å². The summed E-state index contributed by atoms with van der Waals surface area (Å²) in [5.74, 6) is -1.50. The van der Waals surface area contributed by atoms with E-state index in [1.807, 2.05) is 6.92 Å². The molecule has 2 aromatic rings. The molecule has 7 heteroatoms. The van der Waals surface area contributed by atoms with Gasteiger partial charge in [-0.2, -0.15) is 0 Å². The van der Waals surface area contributed by atoms with Crippen LogP contribution in [0.25, 0.3) is 5.76 Å². The zero-order valence-corrected chi connectivity index (χ0v) is 17.2. The molecule has 2 N–H and O–H groups in total. The lowest BCUT2D eigenvalue weighted by atomic mass is 9.94. The van der Waals surface area contributed by atoms with Crippen LogP contribution in [0.3, 0.4) is 0 Å². The van der Waals surface area contributed by atoms with E-state index in [0.717, 1.165) is 5.56 Å². The molecule has 3 rings (SSSR count). The van der Waals surface area contributed by atoms with Crippen molar-refractivity contribution in [1.82, 2.24) is 4.90 Å². The minimum Gasteiger partial charge on any atom is -0.508 e. The van der Waals surface area contributed by atoms with Crippen LogP contribution in [0.15, 0.2) is 42.0 Å². The van der Waals surface area contributed by atoms with Gasteiger partial charge in [0.2, 0.25) is 0 Å². The zero-order chi connectivity index (χ0) is 21.3. The highest BCUT2D eigenvalue weighted by molar-refractivity contribution is 6.46. The van der Waals surface area contributed by atoms with E-state index in [4.69, 9.17) is 16.3 Å². The molecular formula is C22H22ClNO5. The van der Waals surface area contributed by atoms with E-state index in [1.165, 1.54) is 24.1 Å². The first-order chi connectivity index (χ1) is 13.8. The number of methoxy groups -OCH3 is 1. The Hall–Kier alpha value is -2.99. The molecule has 0 aliphatic carbocycles. The number of Topliss-reactive ketones (excluding diaryl/α,β-unsaturated/α-hetero) is 1. The van der Waals surface area contributed by atoms with Crippen molar-refractivity contribution in [1.29, 1.82) is 0 Å². The predicted octanol–water partition coefficient (Wildman–Crippen LogP) is 4.19. The van der Waals surface area contributed by atoms with E-state index in [-0.39, 0.29) is 33.4 Å². The number of amides is 1. The summed E-state index contributed by atoms with van der Waals surface area (Å²) in [6.07, 6.45) is 0.640. The first kappa shape index (κ1) is 20.7. The summed E-state index contributed by atoms with van der Waals surface area (Å²) in [7, 11) is 1.42. The third kappa shape index (κ3) is 3.68. The summed E-state index contributed by atoms with van der Waals surface area (Å²) in [6.45, 7) is 4.05. The van der Waals surface area contributed by atoms with Gasteiger partial charge >= 0.3 is 0 Å². The van der Waals surface area contributed by atoms with Gasteiger partial charge in [0.25, 0.3) is 11.7 Å². The van der Waals surface area contributed by atoms with E-state index in [0.29, 0.717) is 18.5 Å². The number of hydrogen-bond donors (Lipinski definition) is 2. The van der Waals surface area contributed by atoms with Crippen LogP contribution < -0.4 is 4.74 Å². The summed E-state index contributed by atoms with van der Waals surface area (Å²) < 4.78 is 5.34. The number of aromatic hydroxyl groups is 1. The number of aryl methyl sites for hydroxylation is 1. The van der Waals surface area contributed by atoms with Crippen LogP contribution >= 0.6 is 11.6 Å². The third-order valence-electron chi connectivity index (χ3n) is 4.86. The molecule has 1 fully saturated rings. The zero-order valence-electron chi connectivity index (χ0n) is 16.4. The summed E-state index contributed by atoms with van der Waals surface area (Å²) in [6, 6.07) is 8.77. The fourth-order valence-corrected chi connectivity index (χ4v) is 3.96. The number of nitrogens with zero attached hydrogens (tertiary/aromatic N) is 1. The number of phenolic OH excluding ortho intramolecular Hbond substituents is 1. The van der Waals surface area contributed by atoms with Crippen molar-refractivity contribution in [3.8, 4) is 11.5 Å². The molecule has 6 nitrogen and oxygen atoms in total. The average Bonchev–Trinajstić information content (AvgIpc) is 2.93. The highest BCUT2D eigenvalue weighted by Gasteiger charge is 2.46. The van der Waals surface area contributed by atoms with Crippen LogP contribution in [-0.2, 0) is 9.59 Å². The molecular weight excluding hydrogens is 394 g/mol. The Labute approximate surface area is 174 Å². The highest BCUT2D eigenvalue weighted by atomic mass is 35.5. The van der Waals surface area contributed by atoms with Crippen LogP contribution in [0.4, 0.5) is 0 Å². The minimum absolute atomic E-state index is 0.0332. The molecule has 1 saturated heterocycles. The van der Waals surface area contributed by atoms with Crippen molar-refractivity contribution >= 4 is 29.1 Å². The Bertz CT molecular complexity index is 997. The first-order valence-corrected chi connectivity index (χ1v) is 9.59. The molecule has 29 heavy (non-hydrogen) atoms. The average molecular weight is 416 g/mol. The lowest BCUT2D eigenvalue weighted by molar-refractivity contribution is -0.139. The maximum Gasteiger partial charge on any atom is 0.295 e. The number of rotatable bonds is 5. The number of ketones is 1. The molecule has 1 aliphatic rings. The van der Waals surface area contributed by atoms with E-state index in [9.17, 15) is 19.8 Å². The second-order valence-electron chi connectivity index (χ2n) is 6.91. The van der Waals surface area contributed by atoms with E-state index in [1.54, 1.807) is 31.2 Å². The number of aliphatic hydroxyl groups excluding tert-OH is 1. The summed E-state index contributed by atoms with van der Waals surface area (Å²) in [5, 5.41) is 21.0. The van der Waals surface area contributed by atoms with Crippen LogP contribution in [0.2, 0.25) is 5.02 Å². The Balaban J connectivity index is 2.27. The Morgan fingerprint density at radius 1 is 1.21 bits per heavy atom. The van der Waals surface area contributed by atoms with E-state index < -0.39 is 17.7 Å².